The van der Waals surface area contributed by atoms with Crippen LogP contribution >= 0.6 is 11.6 Å². The van der Waals surface area contributed by atoms with E-state index in [1.807, 2.05) is 36.9 Å². The zero-order valence-electron chi connectivity index (χ0n) is 22.3. The van der Waals surface area contributed by atoms with Crippen molar-refractivity contribution in [3.63, 3.8) is 0 Å². The molecule has 1 amide bonds. The number of fused-ring (bicyclic) bond motifs is 1. The smallest absolute Gasteiger partial charge is 0.367 e. The van der Waals surface area contributed by atoms with Crippen LogP contribution in [0.25, 0.3) is 22.2 Å². The highest BCUT2D eigenvalue weighted by atomic mass is 35.5. The fourth-order valence-electron chi connectivity index (χ4n) is 5.18. The molecule has 1 unspecified atom stereocenters. The van der Waals surface area contributed by atoms with Crippen molar-refractivity contribution in [2.75, 3.05) is 37.6 Å². The van der Waals surface area contributed by atoms with Gasteiger partial charge < -0.3 is 20.1 Å². The van der Waals surface area contributed by atoms with Gasteiger partial charge >= 0.3 is 6.18 Å². The van der Waals surface area contributed by atoms with Crippen LogP contribution in [0.4, 0.5) is 18.9 Å². The summed E-state index contributed by atoms with van der Waals surface area (Å²) in [5.41, 5.74) is 2.74. The van der Waals surface area contributed by atoms with E-state index in [1.54, 1.807) is 30.6 Å². The van der Waals surface area contributed by atoms with Gasteiger partial charge in [-0.1, -0.05) is 49.7 Å². The Morgan fingerprint density at radius 2 is 1.80 bits per heavy atom. The summed E-state index contributed by atoms with van der Waals surface area (Å²) in [7, 11) is 0. The first kappa shape index (κ1) is 28.0. The fourth-order valence-corrected chi connectivity index (χ4v) is 5.30. The largest absolute Gasteiger partial charge is 0.416 e. The second kappa shape index (κ2) is 11.5. The number of piperazine rings is 1. The Labute approximate surface area is 236 Å². The number of rotatable bonds is 7. The second-order valence-electron chi connectivity index (χ2n) is 10.3. The van der Waals surface area contributed by atoms with Crippen molar-refractivity contribution in [3.8, 4) is 11.1 Å². The van der Waals surface area contributed by atoms with Gasteiger partial charge in [0.25, 0.3) is 0 Å². The number of halogens is 4. The quantitative estimate of drug-likeness (QED) is 0.273. The van der Waals surface area contributed by atoms with E-state index in [4.69, 9.17) is 11.6 Å². The van der Waals surface area contributed by atoms with Crippen molar-refractivity contribution in [3.05, 3.63) is 83.1 Å². The maximum Gasteiger partial charge on any atom is 0.416 e. The normalized spacial score (nSPS) is 15.2. The number of hydrogen-bond donors (Lipinski definition) is 2. The van der Waals surface area contributed by atoms with Gasteiger partial charge in [0.2, 0.25) is 5.91 Å². The highest BCUT2D eigenvalue weighted by Gasteiger charge is 2.32. The van der Waals surface area contributed by atoms with Crippen LogP contribution in [0, 0.1) is 0 Å². The fraction of sp³-hybridized carbons (Fsp3) is 0.333. The monoisotopic (exact) mass is 569 g/mol. The van der Waals surface area contributed by atoms with Gasteiger partial charge in [0, 0.05) is 67.1 Å². The number of nitrogens with zero attached hydrogens (tertiary/aromatic N) is 3. The summed E-state index contributed by atoms with van der Waals surface area (Å²) in [5, 5.41) is 4.83. The lowest BCUT2D eigenvalue weighted by molar-refractivity contribution is -0.137. The van der Waals surface area contributed by atoms with E-state index in [9.17, 15) is 18.0 Å². The summed E-state index contributed by atoms with van der Waals surface area (Å²) in [6, 6.07) is 14.8. The van der Waals surface area contributed by atoms with Crippen LogP contribution in [0.1, 0.15) is 30.9 Å². The van der Waals surface area contributed by atoms with Crippen molar-refractivity contribution in [1.82, 2.24) is 20.2 Å². The van der Waals surface area contributed by atoms with Crippen molar-refractivity contribution in [2.45, 2.75) is 32.0 Å². The van der Waals surface area contributed by atoms with Crippen LogP contribution < -0.4 is 10.2 Å². The molecule has 6 nitrogen and oxygen atoms in total. The Kier molecular flexibility index (Phi) is 8.05. The molecule has 1 fully saturated rings. The number of anilines is 1. The molecule has 0 saturated carbocycles. The Morgan fingerprint density at radius 3 is 2.48 bits per heavy atom. The lowest BCUT2D eigenvalue weighted by atomic mass is 9.96. The molecule has 210 valence electrons. The number of aromatic nitrogens is 2. The molecule has 1 aliphatic rings. The maximum absolute atomic E-state index is 13.7. The Morgan fingerprint density at radius 1 is 1.07 bits per heavy atom. The van der Waals surface area contributed by atoms with Gasteiger partial charge in [-0.2, -0.15) is 13.2 Å². The number of aromatic amines is 1. The summed E-state index contributed by atoms with van der Waals surface area (Å²) >= 11 is 6.09. The van der Waals surface area contributed by atoms with Gasteiger partial charge in [-0.3, -0.25) is 4.79 Å². The topological polar surface area (TPSA) is 64.3 Å². The maximum atomic E-state index is 13.7. The highest BCUT2D eigenvalue weighted by molar-refractivity contribution is 6.30. The average Bonchev–Trinajstić information content (AvgIpc) is 3.42. The molecule has 5 rings (SSSR count). The van der Waals surface area contributed by atoms with Gasteiger partial charge in [-0.15, -0.1) is 0 Å². The molecule has 0 spiro atoms. The van der Waals surface area contributed by atoms with Gasteiger partial charge in [-0.25, -0.2) is 4.98 Å². The number of hydrogen-bond acceptors (Lipinski definition) is 4. The number of benzene rings is 2. The zero-order valence-corrected chi connectivity index (χ0v) is 23.1. The standard InChI is InChI=1S/C30H31ClF3N5O/c1-19(2)36-18-26(20-6-8-23(31)9-7-20)29(40)39-14-12-38(13-15-39)27-24-10-11-35-28(24)37-17-25(27)21-4-3-5-22(16-21)30(32,33)34/h3-11,16-17,19,26,36H,12-15,18H2,1-2H3,(H,35,37). The molecule has 0 aliphatic carbocycles. The van der Waals surface area contributed by atoms with E-state index >= 15 is 0 Å². The molecule has 1 aliphatic heterocycles. The molecule has 4 aromatic rings. The van der Waals surface area contributed by atoms with Crippen molar-refractivity contribution in [1.29, 1.82) is 0 Å². The SMILES string of the molecule is CC(C)NCC(C(=O)N1CCN(c2c(-c3cccc(C(F)(F)F)c3)cnc3[nH]ccc23)CC1)c1ccc(Cl)cc1. The third-order valence-electron chi connectivity index (χ3n) is 7.27. The lowest BCUT2D eigenvalue weighted by Gasteiger charge is -2.38. The second-order valence-corrected chi connectivity index (χ2v) is 10.8. The van der Waals surface area contributed by atoms with E-state index in [2.05, 4.69) is 20.2 Å². The van der Waals surface area contributed by atoms with E-state index in [-0.39, 0.29) is 17.9 Å². The summed E-state index contributed by atoms with van der Waals surface area (Å²) in [4.78, 5) is 25.3. The van der Waals surface area contributed by atoms with Crippen LogP contribution in [-0.2, 0) is 11.0 Å². The molecule has 2 aromatic heterocycles. The number of pyridine rings is 1. The zero-order chi connectivity index (χ0) is 28.4. The number of amides is 1. The minimum Gasteiger partial charge on any atom is -0.367 e. The van der Waals surface area contributed by atoms with Crippen LogP contribution in [0.2, 0.25) is 5.02 Å². The molecule has 10 heteroatoms. The van der Waals surface area contributed by atoms with Crippen LogP contribution in [0.15, 0.2) is 67.0 Å². The number of carbonyl (C=O) groups excluding carboxylic acids is 1. The number of alkyl halides is 3. The Balaban J connectivity index is 1.41. The first-order valence-corrected chi connectivity index (χ1v) is 13.7. The number of H-pyrrole nitrogens is 1. The molecule has 40 heavy (non-hydrogen) atoms. The predicted molar refractivity (Wildman–Crippen MR) is 153 cm³/mol. The molecule has 1 atom stereocenters. The van der Waals surface area contributed by atoms with Gasteiger partial charge in [0.1, 0.15) is 5.65 Å². The van der Waals surface area contributed by atoms with E-state index in [0.717, 1.165) is 28.8 Å². The highest BCUT2D eigenvalue weighted by Crippen LogP contribution is 2.39. The first-order chi connectivity index (χ1) is 19.1. The Bertz CT molecular complexity index is 1480. The van der Waals surface area contributed by atoms with Crippen LogP contribution in [0.3, 0.4) is 0 Å². The number of nitrogens with one attached hydrogen (secondary N) is 2. The average molecular weight is 570 g/mol. The molecule has 3 heterocycles. The first-order valence-electron chi connectivity index (χ1n) is 13.3. The Hall–Kier alpha value is -3.56. The lowest BCUT2D eigenvalue weighted by Crippen LogP contribution is -2.51. The molecular formula is C30H31ClF3N5O. The van der Waals surface area contributed by atoms with Crippen LogP contribution in [0.5, 0.6) is 0 Å². The van der Waals surface area contributed by atoms with Gasteiger partial charge in [0.15, 0.2) is 0 Å². The van der Waals surface area contributed by atoms with Crippen molar-refractivity contribution < 1.29 is 18.0 Å². The molecule has 2 aromatic carbocycles. The summed E-state index contributed by atoms with van der Waals surface area (Å²) in [6.45, 7) is 6.63. The third kappa shape index (κ3) is 5.95. The minimum absolute atomic E-state index is 0.0368. The van der Waals surface area contributed by atoms with Crippen molar-refractivity contribution >= 4 is 34.2 Å². The molecule has 0 radical (unpaired) electrons. The summed E-state index contributed by atoms with van der Waals surface area (Å²) in [5.74, 6) is -0.320. The van der Waals surface area contributed by atoms with E-state index < -0.39 is 11.7 Å². The molecule has 2 N–H and O–H groups in total. The summed E-state index contributed by atoms with van der Waals surface area (Å²) < 4.78 is 40.5. The summed E-state index contributed by atoms with van der Waals surface area (Å²) in [6.07, 6.45) is -1.05. The van der Waals surface area contributed by atoms with Crippen LogP contribution in [-0.4, -0.2) is 59.5 Å². The molecular weight excluding hydrogens is 539 g/mol. The number of carbonyl (C=O) groups is 1. The molecule has 1 saturated heterocycles. The molecule has 0 bridgehead atoms. The minimum atomic E-state index is -4.45. The predicted octanol–water partition coefficient (Wildman–Crippen LogP) is 6.33. The van der Waals surface area contributed by atoms with Crippen molar-refractivity contribution in [2.24, 2.45) is 0 Å². The van der Waals surface area contributed by atoms with Gasteiger partial charge in [0.05, 0.1) is 17.2 Å². The van der Waals surface area contributed by atoms with E-state index in [1.165, 1.54) is 6.07 Å². The van der Waals surface area contributed by atoms with E-state index in [0.29, 0.717) is 54.5 Å². The third-order valence-corrected chi connectivity index (χ3v) is 7.52. The van der Waals surface area contributed by atoms with Gasteiger partial charge in [-0.05, 0) is 41.5 Å².